The van der Waals surface area contributed by atoms with E-state index < -0.39 is 0 Å². The Morgan fingerprint density at radius 3 is 2.25 bits per heavy atom. The minimum Gasteiger partial charge on any atom is -0.438 e. The highest BCUT2D eigenvalue weighted by Crippen LogP contribution is 2.10. The Morgan fingerprint density at radius 2 is 1.75 bits per heavy atom. The molecule has 0 spiro atoms. The van der Waals surface area contributed by atoms with E-state index in [4.69, 9.17) is 4.74 Å². The lowest BCUT2D eigenvalue weighted by molar-refractivity contribution is 0.140. The number of benzene rings is 1. The second-order valence-corrected chi connectivity index (χ2v) is 2.99. The summed E-state index contributed by atoms with van der Waals surface area (Å²) in [6, 6.07) is 9.84. The molecule has 1 aromatic carbocycles. The summed E-state index contributed by atoms with van der Waals surface area (Å²) in [5.74, 6) is 0.915. The molecular formula is C10H15NO+. The Kier molecular flexibility index (Phi) is 3.11. The van der Waals surface area contributed by atoms with Gasteiger partial charge in [0.15, 0.2) is 0 Å². The number of nitrogens with zero attached hydrogens (tertiary/aromatic N) is 1. The van der Waals surface area contributed by atoms with Crippen molar-refractivity contribution in [3.05, 3.63) is 30.3 Å². The molecule has 2 nitrogen and oxygen atoms in total. The molecule has 65 valence electrons. The van der Waals surface area contributed by atoms with Gasteiger partial charge in [0.25, 0.3) is 6.23 Å². The molecule has 1 atom stereocenters. The van der Waals surface area contributed by atoms with Crippen LogP contribution < -0.4 is 9.64 Å². The zero-order valence-electron chi connectivity index (χ0n) is 7.82. The lowest BCUT2D eigenvalue weighted by Crippen LogP contribution is -2.35. The first-order valence-corrected chi connectivity index (χ1v) is 4.08. The molecule has 0 N–H and O–H groups in total. The molecule has 2 heteroatoms. The second-order valence-electron chi connectivity index (χ2n) is 2.99. The van der Waals surface area contributed by atoms with E-state index in [-0.39, 0.29) is 6.23 Å². The SMILES string of the molecule is CC(Oc1ccccc1)[N+](C)C. The molecule has 0 aromatic heterocycles. The van der Waals surface area contributed by atoms with E-state index in [0.717, 1.165) is 5.75 Å². The van der Waals surface area contributed by atoms with Crippen LogP contribution in [0.15, 0.2) is 30.3 Å². The van der Waals surface area contributed by atoms with Gasteiger partial charge in [0.1, 0.15) is 19.8 Å². The van der Waals surface area contributed by atoms with E-state index in [0.29, 0.717) is 0 Å². The summed E-state index contributed by atoms with van der Waals surface area (Å²) in [5, 5.41) is 0. The van der Waals surface area contributed by atoms with Crippen molar-refractivity contribution >= 4 is 0 Å². The van der Waals surface area contributed by atoms with Gasteiger partial charge in [-0.1, -0.05) is 18.2 Å². The van der Waals surface area contributed by atoms with Crippen LogP contribution >= 0.6 is 0 Å². The van der Waals surface area contributed by atoms with Crippen LogP contribution in [0.5, 0.6) is 5.75 Å². The smallest absolute Gasteiger partial charge is 0.272 e. The van der Waals surface area contributed by atoms with Gasteiger partial charge >= 0.3 is 0 Å². The van der Waals surface area contributed by atoms with Crippen molar-refractivity contribution < 1.29 is 4.74 Å². The van der Waals surface area contributed by atoms with E-state index in [2.05, 4.69) is 0 Å². The molecule has 0 saturated carbocycles. The van der Waals surface area contributed by atoms with Crippen molar-refractivity contribution in [2.75, 3.05) is 14.1 Å². The van der Waals surface area contributed by atoms with Crippen LogP contribution in [0.3, 0.4) is 0 Å². The van der Waals surface area contributed by atoms with Gasteiger partial charge in [0, 0.05) is 6.92 Å². The van der Waals surface area contributed by atoms with Gasteiger partial charge in [-0.3, -0.25) is 0 Å². The van der Waals surface area contributed by atoms with Crippen LogP contribution in [-0.4, -0.2) is 20.3 Å². The average molecular weight is 165 g/mol. The molecule has 0 fully saturated rings. The largest absolute Gasteiger partial charge is 0.438 e. The van der Waals surface area contributed by atoms with E-state index in [9.17, 15) is 0 Å². The summed E-state index contributed by atoms with van der Waals surface area (Å²) in [6.07, 6.45) is 0.118. The van der Waals surface area contributed by atoms with Crippen molar-refractivity contribution in [2.24, 2.45) is 0 Å². The van der Waals surface area contributed by atoms with Crippen LogP contribution in [0.2, 0.25) is 0 Å². The predicted octanol–water partition coefficient (Wildman–Crippen LogP) is 1.81. The van der Waals surface area contributed by atoms with E-state index >= 15 is 0 Å². The first kappa shape index (κ1) is 9.07. The maximum atomic E-state index is 5.60. The summed E-state index contributed by atoms with van der Waals surface area (Å²) >= 11 is 0. The maximum Gasteiger partial charge on any atom is 0.272 e. The van der Waals surface area contributed by atoms with Gasteiger partial charge in [-0.25, -0.2) is 0 Å². The van der Waals surface area contributed by atoms with Gasteiger partial charge in [0.2, 0.25) is 0 Å². The highest BCUT2D eigenvalue weighted by Gasteiger charge is 2.13. The molecule has 0 aliphatic heterocycles. The van der Waals surface area contributed by atoms with Gasteiger partial charge in [0.05, 0.1) is 0 Å². The van der Waals surface area contributed by atoms with Crippen LogP contribution in [0, 0.1) is 0 Å². The molecule has 1 radical (unpaired) electrons. The lowest BCUT2D eigenvalue weighted by atomic mass is 10.3. The zero-order chi connectivity index (χ0) is 8.97. The van der Waals surface area contributed by atoms with Gasteiger partial charge in [-0.2, -0.15) is 0 Å². The molecule has 12 heavy (non-hydrogen) atoms. The summed E-state index contributed by atoms with van der Waals surface area (Å²) < 4.78 is 5.60. The third kappa shape index (κ3) is 2.55. The molecule has 0 aliphatic carbocycles. The van der Waals surface area contributed by atoms with Gasteiger partial charge < -0.3 is 4.74 Å². The fourth-order valence-electron chi connectivity index (χ4n) is 0.801. The second kappa shape index (κ2) is 4.12. The minimum absolute atomic E-state index is 0.118. The zero-order valence-corrected chi connectivity index (χ0v) is 7.82. The fraction of sp³-hybridized carbons (Fsp3) is 0.400. The van der Waals surface area contributed by atoms with Gasteiger partial charge in [-0.05, 0) is 12.1 Å². The number of ether oxygens (including phenoxy) is 1. The van der Waals surface area contributed by atoms with Crippen molar-refractivity contribution in [2.45, 2.75) is 13.2 Å². The highest BCUT2D eigenvalue weighted by atomic mass is 16.5. The molecule has 0 amide bonds. The molecule has 0 saturated heterocycles. The highest BCUT2D eigenvalue weighted by molar-refractivity contribution is 5.21. The molecule has 1 unspecified atom stereocenters. The molecular weight excluding hydrogens is 150 g/mol. The van der Waals surface area contributed by atoms with Crippen LogP contribution in [0.25, 0.3) is 0 Å². The Labute approximate surface area is 73.8 Å². The first-order valence-electron chi connectivity index (χ1n) is 4.08. The summed E-state index contributed by atoms with van der Waals surface area (Å²) in [7, 11) is 3.99. The first-order chi connectivity index (χ1) is 5.70. The van der Waals surface area contributed by atoms with Gasteiger partial charge in [-0.15, -0.1) is 4.90 Å². The average Bonchev–Trinajstić information content (AvgIpc) is 2.06. The number of hydrogen-bond donors (Lipinski definition) is 0. The third-order valence-corrected chi connectivity index (χ3v) is 1.78. The quantitative estimate of drug-likeness (QED) is 0.492. The molecule has 0 aliphatic rings. The number of rotatable bonds is 3. The van der Waals surface area contributed by atoms with Crippen LogP contribution in [-0.2, 0) is 0 Å². The number of para-hydroxylation sites is 1. The Balaban J connectivity index is 2.53. The summed E-state index contributed by atoms with van der Waals surface area (Å²) in [6.45, 7) is 2.02. The normalized spacial score (nSPS) is 13.0. The standard InChI is InChI=1S/C10H15NO/c1-9(11(2)3)12-10-7-5-4-6-8-10/h4-9H,1-3H3/q+1. The predicted molar refractivity (Wildman–Crippen MR) is 50.5 cm³/mol. The van der Waals surface area contributed by atoms with Crippen LogP contribution in [0.1, 0.15) is 6.92 Å². The van der Waals surface area contributed by atoms with E-state index in [1.165, 1.54) is 0 Å². The Hall–Kier alpha value is -1.02. The van der Waals surface area contributed by atoms with E-state index in [1.807, 2.05) is 56.3 Å². The molecule has 0 bridgehead atoms. The molecule has 1 aromatic rings. The summed E-state index contributed by atoms with van der Waals surface area (Å²) in [5.41, 5.74) is 0. The van der Waals surface area contributed by atoms with Crippen molar-refractivity contribution in [1.82, 2.24) is 4.90 Å². The van der Waals surface area contributed by atoms with Crippen molar-refractivity contribution in [1.29, 1.82) is 0 Å². The van der Waals surface area contributed by atoms with E-state index in [1.54, 1.807) is 0 Å². The number of hydrogen-bond acceptors (Lipinski definition) is 2. The lowest BCUT2D eigenvalue weighted by Gasteiger charge is -2.12. The monoisotopic (exact) mass is 165 g/mol. The Morgan fingerprint density at radius 1 is 1.17 bits per heavy atom. The topological polar surface area (TPSA) is 15.1 Å². The molecule has 0 heterocycles. The molecule has 1 rings (SSSR count). The van der Waals surface area contributed by atoms with Crippen molar-refractivity contribution in [3.63, 3.8) is 0 Å². The maximum absolute atomic E-state index is 5.60. The summed E-state index contributed by atoms with van der Waals surface area (Å²) in [4.78, 5) is 2.02. The third-order valence-electron chi connectivity index (χ3n) is 1.78. The Bertz CT molecular complexity index is 221. The van der Waals surface area contributed by atoms with Crippen LogP contribution in [0.4, 0.5) is 0 Å². The fourth-order valence-corrected chi connectivity index (χ4v) is 0.801. The van der Waals surface area contributed by atoms with Crippen molar-refractivity contribution in [3.8, 4) is 5.75 Å². The minimum atomic E-state index is 0.118.